The summed E-state index contributed by atoms with van der Waals surface area (Å²) in [6, 6.07) is 16.4. The molecule has 0 heterocycles. The number of non-ortho nitro benzene ring substituents is 2. The van der Waals surface area contributed by atoms with Crippen LogP contribution in [-0.2, 0) is 58.5 Å². The first-order valence-electron chi connectivity index (χ1n) is 21.6. The summed E-state index contributed by atoms with van der Waals surface area (Å²) in [6.45, 7) is 0. The van der Waals surface area contributed by atoms with Gasteiger partial charge in [0, 0.05) is 35.0 Å². The van der Waals surface area contributed by atoms with Gasteiger partial charge in [-0.2, -0.15) is 35.5 Å². The second kappa shape index (κ2) is 25.1. The monoisotopic (exact) mass is 1280 g/mol. The lowest BCUT2D eigenvalue weighted by Gasteiger charge is -2.14. The van der Waals surface area contributed by atoms with Crippen LogP contribution in [0.1, 0.15) is 0 Å². The number of hydrogen-bond acceptors (Lipinski definition) is 34. The zero-order chi connectivity index (χ0) is 61.0. The quantitative estimate of drug-likeness (QED) is 0.00573. The van der Waals surface area contributed by atoms with Crippen molar-refractivity contribution in [1.29, 1.82) is 0 Å². The highest BCUT2D eigenvalue weighted by molar-refractivity contribution is 7.95. The molecule has 8 rings (SSSR count). The molecule has 0 aliphatic rings. The fraction of sp³-hybridized carbons (Fsp3) is 0. The molecule has 0 spiro atoms. The number of rotatable bonds is 22. The number of nitrogens with two attached hydrogens (primary N) is 1. The molecule has 436 valence electrons. The molecule has 0 saturated carbocycles. The molecule has 0 radical (unpaired) electrons. The highest BCUT2D eigenvalue weighted by atomic mass is 32.2. The summed E-state index contributed by atoms with van der Waals surface area (Å²) in [4.78, 5) is 17.2. The van der Waals surface area contributed by atoms with Gasteiger partial charge in [-0.1, -0.05) is 15.1 Å². The molecule has 0 atom stereocenters. The molecule has 36 nitrogen and oxygen atoms in total. The Hall–Kier alpha value is -8.64. The van der Waals surface area contributed by atoms with E-state index in [0.29, 0.717) is 6.07 Å². The number of phenols is 3. The van der Waals surface area contributed by atoms with E-state index in [1.54, 1.807) is 0 Å². The molecule has 0 saturated heterocycles. The summed E-state index contributed by atoms with van der Waals surface area (Å²) < 4.78 is 119. The minimum absolute atomic E-state index is 0.00371. The van der Waals surface area contributed by atoms with Gasteiger partial charge in [-0.15, -0.1) is 43.7 Å². The number of benzene rings is 8. The third-order valence-electron chi connectivity index (χ3n) is 11.0. The largest absolute Gasteiger partial charge is 0.505 e. The van der Waals surface area contributed by atoms with Crippen molar-refractivity contribution in [2.45, 2.75) is 29.4 Å². The summed E-state index contributed by atoms with van der Waals surface area (Å²) in [5.41, 5.74) is 0.838. The molecule has 8 aromatic carbocycles. The Kier molecular flexibility index (Phi) is 18.3. The normalized spacial score (nSPS) is 12.6. The number of phenolic OH excluding ortho intramolecular Hbond substituents is 3. The van der Waals surface area contributed by atoms with Gasteiger partial charge in [0.2, 0.25) is 0 Å². The SMILES string of the molecule is Nc1c(N=Nc2ccc3c(O)c(N=Nc4ccc([N+](=O)[O-])cc4SOOO)c(S(=O)(=O)O)cc3c2)c(S(=O)(=O)O)cc2cc(SOOO)c(N=Nc3ccc4c(O)c(N=Nc5ccc([N+](=O)[O-])cc5S(=O)(=O)O)c(SOOO)cc4c3)c(O)c12. The van der Waals surface area contributed by atoms with Crippen molar-refractivity contribution in [3.8, 4) is 17.2 Å². The Bertz CT molecular complexity index is 4520. The van der Waals surface area contributed by atoms with Crippen molar-refractivity contribution >= 4 is 161 Å². The highest BCUT2D eigenvalue weighted by Crippen LogP contribution is 2.51. The van der Waals surface area contributed by atoms with Crippen LogP contribution in [0.4, 0.5) is 62.6 Å². The van der Waals surface area contributed by atoms with Gasteiger partial charge in [-0.25, -0.2) is 15.8 Å². The van der Waals surface area contributed by atoms with Gasteiger partial charge >= 0.3 is 0 Å². The van der Waals surface area contributed by atoms with E-state index in [1.807, 2.05) is 0 Å². The molecule has 84 heavy (non-hydrogen) atoms. The van der Waals surface area contributed by atoms with Crippen LogP contribution in [-0.4, -0.2) is 79.8 Å². The second-order valence-corrected chi connectivity index (χ2v) is 22.4. The van der Waals surface area contributed by atoms with E-state index in [0.717, 1.165) is 66.7 Å². The lowest BCUT2D eigenvalue weighted by atomic mass is 10.0. The van der Waals surface area contributed by atoms with Crippen LogP contribution in [0, 0.1) is 20.2 Å². The van der Waals surface area contributed by atoms with Crippen molar-refractivity contribution < 1.29 is 108 Å². The number of anilines is 1. The third kappa shape index (κ3) is 13.4. The number of nitro groups is 2. The average Bonchev–Trinajstić information content (AvgIpc) is 1.30. The first-order valence-corrected chi connectivity index (χ1v) is 28.1. The summed E-state index contributed by atoms with van der Waals surface area (Å²) in [5.74, 6) is -2.44. The van der Waals surface area contributed by atoms with Crippen LogP contribution in [0.25, 0.3) is 32.3 Å². The fourth-order valence-electron chi connectivity index (χ4n) is 7.48. The maximum atomic E-state index is 12.9. The van der Waals surface area contributed by atoms with Crippen molar-refractivity contribution in [3.05, 3.63) is 117 Å². The van der Waals surface area contributed by atoms with Gasteiger partial charge in [0.25, 0.3) is 41.7 Å². The van der Waals surface area contributed by atoms with Gasteiger partial charge in [0.15, 0.2) is 17.2 Å². The molecule has 8 aromatic rings. The zero-order valence-electron chi connectivity index (χ0n) is 40.3. The first-order chi connectivity index (χ1) is 39.7. The van der Waals surface area contributed by atoms with Crippen molar-refractivity contribution in [3.63, 3.8) is 0 Å². The lowest BCUT2D eigenvalue weighted by molar-refractivity contribution is -0.432. The molecule has 0 bridgehead atoms. The minimum Gasteiger partial charge on any atom is -0.505 e. The van der Waals surface area contributed by atoms with E-state index < -0.39 is 123 Å². The number of azo groups is 4. The van der Waals surface area contributed by atoms with Crippen LogP contribution in [0.5, 0.6) is 17.2 Å². The fourth-order valence-corrected chi connectivity index (χ4v) is 10.9. The number of nitrogens with zero attached hydrogens (tertiary/aromatic N) is 10. The topological polar surface area (TPSA) is 551 Å². The van der Waals surface area contributed by atoms with Gasteiger partial charge in [0.1, 0.15) is 48.8 Å². The Morgan fingerprint density at radius 2 is 0.857 bits per heavy atom. The van der Waals surface area contributed by atoms with Gasteiger partial charge in [-0.05, 0) is 89.0 Å². The maximum absolute atomic E-state index is 12.9. The second-order valence-electron chi connectivity index (χ2n) is 16.0. The molecule has 11 N–H and O–H groups in total. The molecular formula is C42H27N11O25S6. The van der Waals surface area contributed by atoms with Gasteiger partial charge < -0.3 is 21.1 Å². The van der Waals surface area contributed by atoms with Crippen molar-refractivity contribution in [2.24, 2.45) is 40.9 Å². The summed E-state index contributed by atoms with van der Waals surface area (Å²) in [7, 11) is -15.7. The summed E-state index contributed by atoms with van der Waals surface area (Å²) >= 11 is 0.672. The molecule has 0 amide bonds. The highest BCUT2D eigenvalue weighted by Gasteiger charge is 2.28. The summed E-state index contributed by atoms with van der Waals surface area (Å²) in [5, 5.41) is 125. The van der Waals surface area contributed by atoms with E-state index >= 15 is 0 Å². The van der Waals surface area contributed by atoms with E-state index in [9.17, 15) is 74.5 Å². The Labute approximate surface area is 477 Å². The van der Waals surface area contributed by atoms with Crippen LogP contribution >= 0.6 is 36.1 Å². The van der Waals surface area contributed by atoms with Crippen LogP contribution in [0.15, 0.2) is 167 Å². The van der Waals surface area contributed by atoms with Crippen LogP contribution in [0.3, 0.4) is 0 Å². The minimum atomic E-state index is -5.29. The van der Waals surface area contributed by atoms with E-state index in [1.165, 1.54) is 24.3 Å². The van der Waals surface area contributed by atoms with E-state index in [2.05, 4.69) is 69.0 Å². The zero-order valence-corrected chi connectivity index (χ0v) is 45.2. The van der Waals surface area contributed by atoms with Crippen molar-refractivity contribution in [2.75, 3.05) is 5.73 Å². The summed E-state index contributed by atoms with van der Waals surface area (Å²) in [6.07, 6.45) is 0. The number of nitrogen functional groups attached to an aromatic ring is 1. The molecule has 0 aromatic heterocycles. The Morgan fingerprint density at radius 1 is 0.440 bits per heavy atom. The van der Waals surface area contributed by atoms with E-state index in [4.69, 9.17) is 21.5 Å². The molecule has 0 fully saturated rings. The van der Waals surface area contributed by atoms with Gasteiger partial charge in [0.05, 0.1) is 83.1 Å². The van der Waals surface area contributed by atoms with Crippen LogP contribution in [0.2, 0.25) is 0 Å². The maximum Gasteiger partial charge on any atom is 0.297 e. The van der Waals surface area contributed by atoms with E-state index in [-0.39, 0.29) is 94.8 Å². The van der Waals surface area contributed by atoms with Crippen molar-refractivity contribution in [1.82, 2.24) is 0 Å². The number of nitro benzene ring substituents is 2. The predicted molar refractivity (Wildman–Crippen MR) is 286 cm³/mol. The number of aromatic hydroxyl groups is 3. The number of hydrogen-bond donors (Lipinski definition) is 10. The molecular weight excluding hydrogens is 1250 g/mol. The first kappa shape index (κ1) is 61.4. The molecule has 0 aliphatic carbocycles. The standard InChI is InChI=1S/C42H27N11O25S6/c43-35-34-19(14-32(83(67,68)69)38(35)50-45-21-2-6-25-18(10-21)13-33(84(70,71)72)39(41(25)55)51-46-26-7-3-22(52(57)58)15-28(26)79-76-73-61)12-30(81-78-75-63)37(42(34)56)48-44-20-1-5-24-17(9-20)11-29(80-77-74-62)36(40(24)54)49-47-27-8-4-23(53(59)60)16-31(27)82(64,65)66/h1-16,54-56,61-63H,43H2,(H,64,65,66)(H,67,68,69)(H,70,71,72). The average molecular weight is 1280 g/mol. The molecule has 0 aliphatic heterocycles. The smallest absolute Gasteiger partial charge is 0.297 e. The Balaban J connectivity index is 1.18. The predicted octanol–water partition coefficient (Wildman–Crippen LogP) is 12.3. The van der Waals surface area contributed by atoms with Gasteiger partial charge in [-0.3, -0.25) is 33.9 Å². The van der Waals surface area contributed by atoms with Crippen LogP contribution < -0.4 is 5.73 Å². The molecule has 42 heteroatoms. The number of fused-ring (bicyclic) bond motifs is 3. The Morgan fingerprint density at radius 3 is 1.39 bits per heavy atom. The lowest BCUT2D eigenvalue weighted by Crippen LogP contribution is -2.02. The molecule has 0 unspecified atom stereocenters. The third-order valence-corrected chi connectivity index (χ3v) is 15.5.